The molecule has 0 aliphatic carbocycles. The zero-order valence-corrected chi connectivity index (χ0v) is 14.5. The van der Waals surface area contributed by atoms with Gasteiger partial charge in [-0.1, -0.05) is 41.6 Å². The molecule has 0 amide bonds. The molecule has 0 bridgehead atoms. The lowest BCUT2D eigenvalue weighted by molar-refractivity contribution is 0.278. The van der Waals surface area contributed by atoms with Crippen LogP contribution in [0.3, 0.4) is 0 Å². The summed E-state index contributed by atoms with van der Waals surface area (Å²) in [6.45, 7) is 0.786. The van der Waals surface area contributed by atoms with Crippen LogP contribution in [0.2, 0.25) is 5.02 Å². The van der Waals surface area contributed by atoms with Gasteiger partial charge in [0.05, 0.1) is 0 Å². The Kier molecular flexibility index (Phi) is 5.85. The van der Waals surface area contributed by atoms with Crippen LogP contribution in [0.1, 0.15) is 12.0 Å². The molecule has 0 radical (unpaired) electrons. The molecule has 0 saturated heterocycles. The zero-order chi connectivity index (χ0) is 16.8. The van der Waals surface area contributed by atoms with Crippen molar-refractivity contribution in [3.63, 3.8) is 0 Å². The SMILES string of the molecule is OCCCn1c(SCc2ccccc2Cl)nnc1-c1ccncc1. The summed E-state index contributed by atoms with van der Waals surface area (Å²) in [5.41, 5.74) is 2.02. The van der Waals surface area contributed by atoms with Crippen molar-refractivity contribution in [1.29, 1.82) is 0 Å². The highest BCUT2D eigenvalue weighted by Crippen LogP contribution is 2.28. The number of hydrogen-bond donors (Lipinski definition) is 1. The number of thioether (sulfide) groups is 1. The van der Waals surface area contributed by atoms with Gasteiger partial charge in [0.15, 0.2) is 11.0 Å². The van der Waals surface area contributed by atoms with Crippen molar-refractivity contribution in [2.24, 2.45) is 0 Å². The van der Waals surface area contributed by atoms with Crippen LogP contribution in [0.5, 0.6) is 0 Å². The van der Waals surface area contributed by atoms with Crippen molar-refractivity contribution >= 4 is 23.4 Å². The Labute approximate surface area is 149 Å². The van der Waals surface area contributed by atoms with Gasteiger partial charge in [0.25, 0.3) is 0 Å². The van der Waals surface area contributed by atoms with E-state index in [2.05, 4.69) is 15.2 Å². The van der Waals surface area contributed by atoms with E-state index < -0.39 is 0 Å². The quantitative estimate of drug-likeness (QED) is 0.651. The molecule has 0 unspecified atom stereocenters. The minimum atomic E-state index is 0.128. The largest absolute Gasteiger partial charge is 0.396 e. The number of benzene rings is 1. The number of aliphatic hydroxyl groups is 1. The van der Waals surface area contributed by atoms with E-state index in [1.54, 1.807) is 24.2 Å². The van der Waals surface area contributed by atoms with Crippen LogP contribution in [-0.4, -0.2) is 31.5 Å². The van der Waals surface area contributed by atoms with Gasteiger partial charge in [-0.05, 0) is 30.2 Å². The zero-order valence-electron chi connectivity index (χ0n) is 13.0. The van der Waals surface area contributed by atoms with Crippen LogP contribution in [0.25, 0.3) is 11.4 Å². The van der Waals surface area contributed by atoms with Gasteiger partial charge in [0.2, 0.25) is 0 Å². The Morgan fingerprint density at radius 2 is 1.88 bits per heavy atom. The van der Waals surface area contributed by atoms with Crippen molar-refractivity contribution < 1.29 is 5.11 Å². The lowest BCUT2D eigenvalue weighted by Gasteiger charge is -2.09. The number of pyridine rings is 1. The molecular formula is C17H17ClN4OS. The average molecular weight is 361 g/mol. The van der Waals surface area contributed by atoms with Gasteiger partial charge >= 0.3 is 0 Å². The predicted octanol–water partition coefficient (Wildman–Crippen LogP) is 3.67. The Bertz CT molecular complexity index is 794. The molecule has 24 heavy (non-hydrogen) atoms. The molecule has 0 fully saturated rings. The first kappa shape index (κ1) is 17.0. The van der Waals surface area contributed by atoms with Crippen LogP contribution >= 0.6 is 23.4 Å². The minimum absolute atomic E-state index is 0.128. The van der Waals surface area contributed by atoms with Gasteiger partial charge in [-0.15, -0.1) is 10.2 Å². The van der Waals surface area contributed by atoms with Gasteiger partial charge in [-0.2, -0.15) is 0 Å². The Balaban J connectivity index is 1.85. The molecule has 3 aromatic rings. The molecule has 0 aliphatic heterocycles. The number of hydrogen-bond acceptors (Lipinski definition) is 5. The molecular weight excluding hydrogens is 344 g/mol. The van der Waals surface area contributed by atoms with Crippen LogP contribution in [0, 0.1) is 0 Å². The summed E-state index contributed by atoms with van der Waals surface area (Å²) < 4.78 is 2.03. The van der Waals surface area contributed by atoms with Crippen molar-refractivity contribution in [2.75, 3.05) is 6.61 Å². The number of aromatic nitrogens is 4. The third-order valence-corrected chi connectivity index (χ3v) is 4.89. The second-order valence-electron chi connectivity index (χ2n) is 5.15. The van der Waals surface area contributed by atoms with Crippen LogP contribution < -0.4 is 0 Å². The van der Waals surface area contributed by atoms with E-state index >= 15 is 0 Å². The monoisotopic (exact) mass is 360 g/mol. The fraction of sp³-hybridized carbons (Fsp3) is 0.235. The molecule has 0 atom stereocenters. The Hall–Kier alpha value is -1.89. The summed E-state index contributed by atoms with van der Waals surface area (Å²) in [5.74, 6) is 1.50. The summed E-state index contributed by atoms with van der Waals surface area (Å²) in [4.78, 5) is 4.04. The van der Waals surface area contributed by atoms with Crippen LogP contribution in [-0.2, 0) is 12.3 Å². The third-order valence-electron chi connectivity index (χ3n) is 3.51. The van der Waals surface area contributed by atoms with Gasteiger partial charge in [-0.25, -0.2) is 0 Å². The first-order valence-corrected chi connectivity index (χ1v) is 8.96. The molecule has 7 heteroatoms. The maximum atomic E-state index is 9.17. The second kappa shape index (κ2) is 8.28. The first-order chi connectivity index (χ1) is 11.8. The normalized spacial score (nSPS) is 10.9. The number of halogens is 1. The summed E-state index contributed by atoms with van der Waals surface area (Å²) in [7, 11) is 0. The summed E-state index contributed by atoms with van der Waals surface area (Å²) >= 11 is 7.81. The summed E-state index contributed by atoms with van der Waals surface area (Å²) in [6, 6.07) is 11.6. The van der Waals surface area contributed by atoms with Crippen molar-refractivity contribution in [3.8, 4) is 11.4 Å². The van der Waals surface area contributed by atoms with Crippen molar-refractivity contribution in [2.45, 2.75) is 23.9 Å². The third kappa shape index (κ3) is 3.95. The number of aliphatic hydroxyl groups excluding tert-OH is 1. The van der Waals surface area contributed by atoms with Crippen molar-refractivity contribution in [3.05, 3.63) is 59.4 Å². The van der Waals surface area contributed by atoms with E-state index in [0.717, 1.165) is 27.1 Å². The smallest absolute Gasteiger partial charge is 0.191 e. The average Bonchev–Trinajstić information content (AvgIpc) is 3.03. The number of nitrogens with zero attached hydrogens (tertiary/aromatic N) is 4. The molecule has 2 aromatic heterocycles. The Morgan fingerprint density at radius 3 is 2.62 bits per heavy atom. The lowest BCUT2D eigenvalue weighted by atomic mass is 10.2. The number of rotatable bonds is 7. The fourth-order valence-corrected chi connectivity index (χ4v) is 3.55. The highest BCUT2D eigenvalue weighted by molar-refractivity contribution is 7.98. The molecule has 2 heterocycles. The molecule has 0 saturated carbocycles. The second-order valence-corrected chi connectivity index (χ2v) is 6.50. The van der Waals surface area contributed by atoms with E-state index in [1.165, 1.54) is 0 Å². The Morgan fingerprint density at radius 1 is 1.08 bits per heavy atom. The molecule has 1 aromatic carbocycles. The highest BCUT2D eigenvalue weighted by Gasteiger charge is 2.14. The highest BCUT2D eigenvalue weighted by atomic mass is 35.5. The van der Waals surface area contributed by atoms with E-state index in [4.69, 9.17) is 11.6 Å². The molecule has 124 valence electrons. The van der Waals surface area contributed by atoms with Crippen LogP contribution in [0.15, 0.2) is 53.9 Å². The van der Waals surface area contributed by atoms with Gasteiger partial charge < -0.3 is 9.67 Å². The fourth-order valence-electron chi connectivity index (χ4n) is 2.30. The first-order valence-electron chi connectivity index (χ1n) is 7.60. The molecule has 0 spiro atoms. The van der Waals surface area contributed by atoms with E-state index in [-0.39, 0.29) is 6.61 Å². The van der Waals surface area contributed by atoms with E-state index in [0.29, 0.717) is 18.7 Å². The molecule has 3 rings (SSSR count). The predicted molar refractivity (Wildman–Crippen MR) is 96.0 cm³/mol. The van der Waals surface area contributed by atoms with Gasteiger partial charge in [-0.3, -0.25) is 4.98 Å². The topological polar surface area (TPSA) is 63.8 Å². The van der Waals surface area contributed by atoms with E-state index in [1.807, 2.05) is 41.0 Å². The van der Waals surface area contributed by atoms with Crippen LogP contribution in [0.4, 0.5) is 0 Å². The maximum absolute atomic E-state index is 9.17. The standard InChI is InChI=1S/C17H17ClN4OS/c18-15-5-2-1-4-14(15)12-24-17-21-20-16(22(17)10-3-11-23)13-6-8-19-9-7-13/h1-2,4-9,23H,3,10-12H2. The summed E-state index contributed by atoms with van der Waals surface area (Å²) in [5, 5.41) is 19.4. The minimum Gasteiger partial charge on any atom is -0.396 e. The maximum Gasteiger partial charge on any atom is 0.191 e. The lowest BCUT2D eigenvalue weighted by Crippen LogP contribution is -2.04. The molecule has 0 aliphatic rings. The summed E-state index contributed by atoms with van der Waals surface area (Å²) in [6.07, 6.45) is 4.11. The van der Waals surface area contributed by atoms with Gasteiger partial charge in [0.1, 0.15) is 0 Å². The van der Waals surface area contributed by atoms with E-state index in [9.17, 15) is 5.11 Å². The molecule has 1 N–H and O–H groups in total. The van der Waals surface area contributed by atoms with Crippen molar-refractivity contribution in [1.82, 2.24) is 19.7 Å². The van der Waals surface area contributed by atoms with Gasteiger partial charge in [0, 0.05) is 41.9 Å². The molecule has 5 nitrogen and oxygen atoms in total.